The number of guanidine groups is 1. The molecule has 1 aliphatic rings. The van der Waals surface area contributed by atoms with Gasteiger partial charge in [-0.2, -0.15) is 0 Å². The average Bonchev–Trinajstić information content (AvgIpc) is 3.29. The average molecular weight is 274 g/mol. The number of rotatable bonds is 6. The van der Waals surface area contributed by atoms with E-state index in [9.17, 15) is 0 Å². The Hall–Kier alpha value is -1.55. The molecule has 2 rings (SSSR count). The van der Waals surface area contributed by atoms with Gasteiger partial charge in [0.05, 0.1) is 6.54 Å². The molecule has 4 nitrogen and oxygen atoms in total. The summed E-state index contributed by atoms with van der Waals surface area (Å²) in [6.45, 7) is 3.87. The van der Waals surface area contributed by atoms with Crippen molar-refractivity contribution in [2.75, 3.05) is 20.6 Å². The normalized spacial score (nSPS) is 17.3. The highest BCUT2D eigenvalue weighted by atomic mass is 15.3. The first-order chi connectivity index (χ1) is 9.58. The second-order valence-corrected chi connectivity index (χ2v) is 5.79. The monoisotopic (exact) mass is 274 g/mol. The lowest BCUT2D eigenvalue weighted by Gasteiger charge is -2.24. The van der Waals surface area contributed by atoms with Crippen LogP contribution >= 0.6 is 0 Å². The van der Waals surface area contributed by atoms with E-state index in [1.807, 2.05) is 13.1 Å². The topological polar surface area (TPSA) is 44.9 Å². The van der Waals surface area contributed by atoms with E-state index in [1.165, 1.54) is 18.4 Å². The molecule has 0 aliphatic heterocycles. The standard InChI is InChI=1S/C16H26N4/c1-13(11-18-16(17)20(3)15-9-10-15)19(2)12-14-7-5-4-6-8-14/h4-8,13,15H,9-12H2,1-3H3,(H2,17,18). The molecule has 1 unspecified atom stereocenters. The maximum Gasteiger partial charge on any atom is 0.191 e. The molecule has 0 saturated heterocycles. The van der Waals surface area contributed by atoms with Crippen molar-refractivity contribution in [3.8, 4) is 0 Å². The van der Waals surface area contributed by atoms with Gasteiger partial charge in [-0.25, -0.2) is 0 Å². The van der Waals surface area contributed by atoms with Gasteiger partial charge in [-0.3, -0.25) is 9.89 Å². The van der Waals surface area contributed by atoms with Gasteiger partial charge in [0.1, 0.15) is 0 Å². The van der Waals surface area contributed by atoms with Crippen LogP contribution in [0.2, 0.25) is 0 Å². The first kappa shape index (κ1) is 14.9. The maximum atomic E-state index is 6.02. The third-order valence-corrected chi connectivity index (χ3v) is 4.00. The zero-order valence-corrected chi connectivity index (χ0v) is 12.8. The van der Waals surface area contributed by atoms with Crippen molar-refractivity contribution >= 4 is 5.96 Å². The molecule has 20 heavy (non-hydrogen) atoms. The molecule has 1 atom stereocenters. The van der Waals surface area contributed by atoms with Crippen LogP contribution in [0.5, 0.6) is 0 Å². The zero-order chi connectivity index (χ0) is 14.5. The van der Waals surface area contributed by atoms with Gasteiger partial charge < -0.3 is 10.6 Å². The predicted octanol–water partition coefficient (Wildman–Crippen LogP) is 1.92. The summed E-state index contributed by atoms with van der Waals surface area (Å²) in [4.78, 5) is 8.94. The number of aliphatic imine (C=N–C) groups is 1. The van der Waals surface area contributed by atoms with Crippen LogP contribution in [0.25, 0.3) is 0 Å². The van der Waals surface area contributed by atoms with Crippen LogP contribution in [-0.4, -0.2) is 48.5 Å². The van der Waals surface area contributed by atoms with E-state index < -0.39 is 0 Å². The molecule has 4 heteroatoms. The highest BCUT2D eigenvalue weighted by molar-refractivity contribution is 5.78. The van der Waals surface area contributed by atoms with Crippen molar-refractivity contribution < 1.29 is 0 Å². The minimum atomic E-state index is 0.376. The van der Waals surface area contributed by atoms with Gasteiger partial charge in [-0.1, -0.05) is 30.3 Å². The predicted molar refractivity (Wildman–Crippen MR) is 84.6 cm³/mol. The third kappa shape index (κ3) is 4.23. The van der Waals surface area contributed by atoms with Crippen LogP contribution in [0, 0.1) is 0 Å². The number of likely N-dealkylation sites (N-methyl/N-ethyl adjacent to an activating group) is 1. The van der Waals surface area contributed by atoms with Gasteiger partial charge in [0.25, 0.3) is 0 Å². The molecule has 2 N–H and O–H groups in total. The van der Waals surface area contributed by atoms with Crippen molar-refractivity contribution in [3.05, 3.63) is 35.9 Å². The van der Waals surface area contributed by atoms with E-state index in [0.717, 1.165) is 13.1 Å². The van der Waals surface area contributed by atoms with Crippen molar-refractivity contribution in [2.24, 2.45) is 10.7 Å². The van der Waals surface area contributed by atoms with E-state index in [4.69, 9.17) is 5.73 Å². The van der Waals surface area contributed by atoms with Crippen LogP contribution in [-0.2, 0) is 6.54 Å². The van der Waals surface area contributed by atoms with Gasteiger partial charge in [0.2, 0.25) is 0 Å². The SMILES string of the molecule is CC(CN=C(N)N(C)C1CC1)N(C)Cc1ccccc1. The van der Waals surface area contributed by atoms with Crippen molar-refractivity contribution in [3.63, 3.8) is 0 Å². The van der Waals surface area contributed by atoms with Crippen LogP contribution in [0.4, 0.5) is 0 Å². The van der Waals surface area contributed by atoms with Crippen molar-refractivity contribution in [1.82, 2.24) is 9.80 Å². The fourth-order valence-corrected chi connectivity index (χ4v) is 2.15. The summed E-state index contributed by atoms with van der Waals surface area (Å²) in [5, 5.41) is 0. The summed E-state index contributed by atoms with van der Waals surface area (Å²) in [6, 6.07) is 11.5. The van der Waals surface area contributed by atoms with E-state index >= 15 is 0 Å². The molecule has 0 radical (unpaired) electrons. The molecule has 0 aromatic heterocycles. The fraction of sp³-hybridized carbons (Fsp3) is 0.562. The lowest BCUT2D eigenvalue weighted by Crippen LogP contribution is -2.37. The highest BCUT2D eigenvalue weighted by Gasteiger charge is 2.27. The molecule has 1 aliphatic carbocycles. The minimum absolute atomic E-state index is 0.376. The largest absolute Gasteiger partial charge is 0.370 e. The molecule has 1 aromatic rings. The van der Waals surface area contributed by atoms with E-state index in [2.05, 4.69) is 53.0 Å². The Bertz CT molecular complexity index is 439. The Morgan fingerprint density at radius 3 is 2.55 bits per heavy atom. The van der Waals surface area contributed by atoms with E-state index in [0.29, 0.717) is 18.0 Å². The number of nitrogens with zero attached hydrogens (tertiary/aromatic N) is 3. The first-order valence-electron chi connectivity index (χ1n) is 7.35. The Morgan fingerprint density at radius 2 is 1.95 bits per heavy atom. The van der Waals surface area contributed by atoms with Crippen molar-refractivity contribution in [1.29, 1.82) is 0 Å². The van der Waals surface area contributed by atoms with Crippen LogP contribution in [0.15, 0.2) is 35.3 Å². The molecule has 0 spiro atoms. The summed E-state index contributed by atoms with van der Waals surface area (Å²) >= 11 is 0. The van der Waals surface area contributed by atoms with E-state index in [-0.39, 0.29) is 0 Å². The summed E-state index contributed by atoms with van der Waals surface area (Å²) < 4.78 is 0. The van der Waals surface area contributed by atoms with Crippen molar-refractivity contribution in [2.45, 2.75) is 38.4 Å². The van der Waals surface area contributed by atoms with Gasteiger partial charge in [0.15, 0.2) is 5.96 Å². The minimum Gasteiger partial charge on any atom is -0.370 e. The number of benzene rings is 1. The van der Waals surface area contributed by atoms with Crippen LogP contribution < -0.4 is 5.73 Å². The molecule has 0 amide bonds. The summed E-state index contributed by atoms with van der Waals surface area (Å²) in [5.41, 5.74) is 7.34. The van der Waals surface area contributed by atoms with E-state index in [1.54, 1.807) is 0 Å². The van der Waals surface area contributed by atoms with Gasteiger partial charge in [-0.15, -0.1) is 0 Å². The Labute approximate surface area is 122 Å². The fourth-order valence-electron chi connectivity index (χ4n) is 2.15. The first-order valence-corrected chi connectivity index (χ1v) is 7.35. The Kier molecular flexibility index (Phi) is 5.01. The zero-order valence-electron chi connectivity index (χ0n) is 12.8. The Balaban J connectivity index is 1.81. The maximum absolute atomic E-state index is 6.02. The summed E-state index contributed by atoms with van der Waals surface area (Å²) in [6.07, 6.45) is 2.49. The molecule has 0 bridgehead atoms. The Morgan fingerprint density at radius 1 is 1.30 bits per heavy atom. The highest BCUT2D eigenvalue weighted by Crippen LogP contribution is 2.24. The lowest BCUT2D eigenvalue weighted by molar-refractivity contribution is 0.254. The molecule has 1 saturated carbocycles. The molecular weight excluding hydrogens is 248 g/mol. The third-order valence-electron chi connectivity index (χ3n) is 4.00. The molecule has 1 aromatic carbocycles. The second kappa shape index (κ2) is 6.75. The summed E-state index contributed by atoms with van der Waals surface area (Å²) in [5.74, 6) is 0.674. The molecule has 1 fully saturated rings. The smallest absolute Gasteiger partial charge is 0.191 e. The van der Waals surface area contributed by atoms with Gasteiger partial charge >= 0.3 is 0 Å². The molecule has 0 heterocycles. The number of hydrogen-bond acceptors (Lipinski definition) is 2. The number of nitrogens with two attached hydrogens (primary N) is 1. The van der Waals surface area contributed by atoms with Crippen LogP contribution in [0.1, 0.15) is 25.3 Å². The van der Waals surface area contributed by atoms with Gasteiger partial charge in [-0.05, 0) is 32.4 Å². The number of hydrogen-bond donors (Lipinski definition) is 1. The molecular formula is C16H26N4. The van der Waals surface area contributed by atoms with Gasteiger partial charge in [0, 0.05) is 25.7 Å². The summed E-state index contributed by atoms with van der Waals surface area (Å²) in [7, 11) is 4.17. The van der Waals surface area contributed by atoms with Crippen LogP contribution in [0.3, 0.4) is 0 Å². The second-order valence-electron chi connectivity index (χ2n) is 5.79. The molecule has 110 valence electrons. The lowest BCUT2D eigenvalue weighted by atomic mass is 10.2. The quantitative estimate of drug-likeness (QED) is 0.637.